The van der Waals surface area contributed by atoms with Gasteiger partial charge in [0, 0.05) is 48.9 Å². The van der Waals surface area contributed by atoms with Crippen molar-refractivity contribution in [1.29, 1.82) is 0 Å². The average Bonchev–Trinajstić information content (AvgIpc) is 3.09. The van der Waals surface area contributed by atoms with Crippen molar-refractivity contribution in [1.82, 2.24) is 9.88 Å². The van der Waals surface area contributed by atoms with Crippen molar-refractivity contribution in [2.45, 2.75) is 31.4 Å². The maximum atomic E-state index is 12.2. The largest absolute Gasteiger partial charge is 0.445 e. The number of fused-ring (bicyclic) bond motifs is 2. The number of hydrogen-bond donors (Lipinski definition) is 2. The quantitative estimate of drug-likeness (QED) is 0.702. The number of carbonyl (C=O) groups excluding carboxylic acids is 1. The number of quaternary nitrogens is 1. The lowest BCUT2D eigenvalue weighted by Gasteiger charge is -2.42. The lowest BCUT2D eigenvalue weighted by Crippen LogP contribution is -3.16. The Hall–Kier alpha value is -2.79. The van der Waals surface area contributed by atoms with Gasteiger partial charge in [0.2, 0.25) is 0 Å². The highest BCUT2D eigenvalue weighted by molar-refractivity contribution is 5.89. The second kappa shape index (κ2) is 7.80. The summed E-state index contributed by atoms with van der Waals surface area (Å²) in [6.07, 6.45) is 4.25. The zero-order valence-electron chi connectivity index (χ0n) is 17.7. The van der Waals surface area contributed by atoms with Crippen LogP contribution in [0, 0.1) is 5.92 Å². The fraction of sp³-hybridized carbons (Fsp3) is 0.400. The van der Waals surface area contributed by atoms with Crippen LogP contribution in [0.5, 0.6) is 0 Å². The molecule has 0 saturated carbocycles. The minimum absolute atomic E-state index is 0.311. The molecule has 4 atom stereocenters. The standard InChI is InChI=1S/C25H29N3O2/c1-27-14-18(13-26-25(29)30-16-17-7-4-3-5-8-17)11-21-20-9-6-10-22-24(20)19(12-23(21)27)15-28(22)2/h3-10,15,18,21,23H,11-14,16H2,1-2H3,(H,26,29)/p+1/t18-,21+,23-/m1/s1. The van der Waals surface area contributed by atoms with Gasteiger partial charge in [-0.05, 0) is 29.2 Å². The number of aromatic nitrogens is 1. The molecule has 5 nitrogen and oxygen atoms in total. The monoisotopic (exact) mass is 404 g/mol. The van der Waals surface area contributed by atoms with Crippen molar-refractivity contribution in [3.05, 3.63) is 71.4 Å². The van der Waals surface area contributed by atoms with Crippen molar-refractivity contribution in [3.8, 4) is 0 Å². The summed E-state index contributed by atoms with van der Waals surface area (Å²) in [4.78, 5) is 13.8. The van der Waals surface area contributed by atoms with Crippen LogP contribution < -0.4 is 10.2 Å². The third kappa shape index (κ3) is 3.47. The van der Waals surface area contributed by atoms with Gasteiger partial charge in [-0.2, -0.15) is 0 Å². The molecule has 1 saturated heterocycles. The van der Waals surface area contributed by atoms with Crippen LogP contribution in [0.1, 0.15) is 29.0 Å². The highest BCUT2D eigenvalue weighted by Crippen LogP contribution is 2.40. The zero-order chi connectivity index (χ0) is 20.7. The first-order chi connectivity index (χ1) is 14.6. The van der Waals surface area contributed by atoms with Crippen LogP contribution in [0.2, 0.25) is 0 Å². The molecule has 2 heterocycles. The predicted octanol–water partition coefficient (Wildman–Crippen LogP) is 2.65. The van der Waals surface area contributed by atoms with E-state index in [4.69, 9.17) is 4.74 Å². The van der Waals surface area contributed by atoms with E-state index in [1.165, 1.54) is 22.0 Å². The SMILES string of the molecule is Cn1cc2c3c(cccc31)[C@@H]1C[C@H](CNC(=O)OCc3ccccc3)C[NH+](C)[C@@H]1C2. The number of rotatable bonds is 4. The number of aryl methyl sites for hydroxylation is 1. The van der Waals surface area contributed by atoms with Gasteiger partial charge < -0.3 is 19.5 Å². The second-order valence-electron chi connectivity index (χ2n) is 9.02. The fourth-order valence-electron chi connectivity index (χ4n) is 5.64. The topological polar surface area (TPSA) is 47.7 Å². The van der Waals surface area contributed by atoms with E-state index in [2.05, 4.69) is 48.4 Å². The summed E-state index contributed by atoms with van der Waals surface area (Å²) < 4.78 is 7.66. The number of amides is 1. The van der Waals surface area contributed by atoms with Crippen molar-refractivity contribution in [3.63, 3.8) is 0 Å². The van der Waals surface area contributed by atoms with Crippen molar-refractivity contribution in [2.75, 3.05) is 20.1 Å². The molecular formula is C25H30N3O2+. The summed E-state index contributed by atoms with van der Waals surface area (Å²) in [5, 5.41) is 4.47. The summed E-state index contributed by atoms with van der Waals surface area (Å²) in [5.74, 6) is 1.00. The Balaban J connectivity index is 1.25. The molecule has 0 radical (unpaired) electrons. The Labute approximate surface area is 177 Å². The molecule has 5 rings (SSSR count). The number of carbonyl (C=O) groups is 1. The van der Waals surface area contributed by atoms with Gasteiger partial charge in [-0.1, -0.05) is 42.5 Å². The average molecular weight is 405 g/mol. The number of nitrogens with one attached hydrogen (secondary N) is 2. The maximum Gasteiger partial charge on any atom is 0.407 e. The Morgan fingerprint density at radius 2 is 2.03 bits per heavy atom. The van der Waals surface area contributed by atoms with E-state index in [0.29, 0.717) is 31.0 Å². The van der Waals surface area contributed by atoms with Crippen LogP contribution in [-0.4, -0.2) is 36.8 Å². The van der Waals surface area contributed by atoms with E-state index < -0.39 is 0 Å². The van der Waals surface area contributed by atoms with Gasteiger partial charge in [0.25, 0.3) is 0 Å². The fourth-order valence-corrected chi connectivity index (χ4v) is 5.64. The number of likely N-dealkylation sites (N-methyl/N-ethyl adjacent to an activating group) is 1. The highest BCUT2D eigenvalue weighted by Gasteiger charge is 2.42. The van der Waals surface area contributed by atoms with Gasteiger partial charge in [-0.3, -0.25) is 0 Å². The third-order valence-corrected chi connectivity index (χ3v) is 7.03. The Kier molecular flexibility index (Phi) is 4.99. The van der Waals surface area contributed by atoms with Gasteiger partial charge in [0.15, 0.2) is 0 Å². The molecule has 2 N–H and O–H groups in total. The third-order valence-electron chi connectivity index (χ3n) is 7.03. The predicted molar refractivity (Wildman–Crippen MR) is 118 cm³/mol. The van der Waals surface area contributed by atoms with Crippen LogP contribution in [-0.2, 0) is 24.8 Å². The summed E-state index contributed by atoms with van der Waals surface area (Å²) in [5.41, 5.74) is 5.33. The molecular weight excluding hydrogens is 374 g/mol. The molecule has 156 valence electrons. The van der Waals surface area contributed by atoms with Crippen LogP contribution in [0.25, 0.3) is 10.9 Å². The number of alkyl carbamates (subject to hydrolysis) is 1. The Morgan fingerprint density at radius 3 is 2.87 bits per heavy atom. The zero-order valence-corrected chi connectivity index (χ0v) is 17.7. The number of ether oxygens (including phenoxy) is 1. The first-order valence-corrected chi connectivity index (χ1v) is 10.9. The molecule has 1 aliphatic carbocycles. The minimum Gasteiger partial charge on any atom is -0.445 e. The molecule has 1 aliphatic heterocycles. The van der Waals surface area contributed by atoms with Crippen LogP contribution in [0.4, 0.5) is 4.79 Å². The van der Waals surface area contributed by atoms with Gasteiger partial charge in [0.1, 0.15) is 6.61 Å². The van der Waals surface area contributed by atoms with Gasteiger partial charge in [-0.15, -0.1) is 0 Å². The minimum atomic E-state index is -0.324. The van der Waals surface area contributed by atoms with Crippen LogP contribution >= 0.6 is 0 Å². The first-order valence-electron chi connectivity index (χ1n) is 10.9. The number of likely N-dealkylation sites (tertiary alicyclic amines) is 1. The van der Waals surface area contributed by atoms with E-state index >= 15 is 0 Å². The summed E-state index contributed by atoms with van der Waals surface area (Å²) >= 11 is 0. The van der Waals surface area contributed by atoms with Crippen LogP contribution in [0.15, 0.2) is 54.7 Å². The van der Waals surface area contributed by atoms with E-state index in [1.54, 1.807) is 4.90 Å². The van der Waals surface area contributed by atoms with Gasteiger partial charge in [-0.25, -0.2) is 4.79 Å². The molecule has 0 spiro atoms. The Morgan fingerprint density at radius 1 is 1.20 bits per heavy atom. The van der Waals surface area contributed by atoms with Gasteiger partial charge >= 0.3 is 6.09 Å². The summed E-state index contributed by atoms with van der Waals surface area (Å²) in [6, 6.07) is 17.2. The molecule has 3 aromatic rings. The lowest BCUT2D eigenvalue weighted by molar-refractivity contribution is -0.916. The van der Waals surface area contributed by atoms with Gasteiger partial charge in [0.05, 0.1) is 19.6 Å². The molecule has 5 heteroatoms. The molecule has 0 bridgehead atoms. The van der Waals surface area contributed by atoms with E-state index in [0.717, 1.165) is 24.9 Å². The van der Waals surface area contributed by atoms with Crippen molar-refractivity contribution in [2.24, 2.45) is 13.0 Å². The van der Waals surface area contributed by atoms with E-state index in [1.807, 2.05) is 30.3 Å². The molecule has 30 heavy (non-hydrogen) atoms. The smallest absolute Gasteiger partial charge is 0.407 e. The summed E-state index contributed by atoms with van der Waals surface area (Å²) in [6.45, 7) is 2.07. The normalized spacial score (nSPS) is 25.0. The summed E-state index contributed by atoms with van der Waals surface area (Å²) in [7, 11) is 4.46. The van der Waals surface area contributed by atoms with Crippen molar-refractivity contribution >= 4 is 17.0 Å². The first kappa shape index (κ1) is 19.2. The molecule has 1 amide bonds. The number of nitrogens with zero attached hydrogens (tertiary/aromatic N) is 1. The van der Waals surface area contributed by atoms with E-state index in [9.17, 15) is 4.79 Å². The maximum absolute atomic E-state index is 12.2. The van der Waals surface area contributed by atoms with E-state index in [-0.39, 0.29) is 6.09 Å². The molecule has 2 aliphatic rings. The Bertz CT molecular complexity index is 1060. The molecule has 1 fully saturated rings. The number of benzene rings is 2. The number of hydrogen-bond acceptors (Lipinski definition) is 2. The number of piperidine rings is 1. The molecule has 1 unspecified atom stereocenters. The molecule has 1 aromatic heterocycles. The second-order valence-corrected chi connectivity index (χ2v) is 9.02. The molecule has 2 aromatic carbocycles. The van der Waals surface area contributed by atoms with Crippen molar-refractivity contribution < 1.29 is 14.4 Å². The lowest BCUT2D eigenvalue weighted by atomic mass is 9.72. The van der Waals surface area contributed by atoms with Crippen LogP contribution in [0.3, 0.4) is 0 Å². The highest BCUT2D eigenvalue weighted by atomic mass is 16.5.